The van der Waals surface area contributed by atoms with Crippen LogP contribution in [0.4, 0.5) is 16.2 Å². The van der Waals surface area contributed by atoms with Crippen LogP contribution in [0.15, 0.2) is 64.1 Å². The van der Waals surface area contributed by atoms with Crippen LogP contribution in [0.1, 0.15) is 20.8 Å². The van der Waals surface area contributed by atoms with Crippen LogP contribution in [-0.2, 0) is 9.84 Å². The van der Waals surface area contributed by atoms with Gasteiger partial charge >= 0.3 is 6.03 Å². The van der Waals surface area contributed by atoms with Gasteiger partial charge in [-0.1, -0.05) is 50.0 Å². The van der Waals surface area contributed by atoms with Crippen molar-refractivity contribution < 1.29 is 13.2 Å². The second-order valence-corrected chi connectivity index (χ2v) is 10.6. The Hall–Kier alpha value is -2.55. The largest absolute Gasteiger partial charge is 0.401 e. The van der Waals surface area contributed by atoms with Crippen LogP contribution < -0.4 is 16.4 Å². The summed E-state index contributed by atoms with van der Waals surface area (Å²) in [4.78, 5) is 17.1. The number of nitrogens with two attached hydrogens (primary N) is 1. The van der Waals surface area contributed by atoms with E-state index in [1.54, 1.807) is 24.3 Å². The van der Waals surface area contributed by atoms with Gasteiger partial charge in [-0.3, -0.25) is 5.32 Å². The number of nitrogens with one attached hydrogen (secondary N) is 2. The van der Waals surface area contributed by atoms with Crippen LogP contribution in [0.25, 0.3) is 0 Å². The average Bonchev–Trinajstić information content (AvgIpc) is 2.64. The molecule has 2 amide bonds. The van der Waals surface area contributed by atoms with Gasteiger partial charge in [0.15, 0.2) is 9.84 Å². The zero-order valence-corrected chi connectivity index (χ0v) is 19.9. The van der Waals surface area contributed by atoms with Crippen molar-refractivity contribution in [2.24, 2.45) is 16.1 Å². The first-order valence-corrected chi connectivity index (χ1v) is 11.8. The quantitative estimate of drug-likeness (QED) is 0.413. The third kappa shape index (κ3) is 7.27. The molecule has 0 fully saturated rings. The van der Waals surface area contributed by atoms with Crippen molar-refractivity contribution in [1.29, 1.82) is 0 Å². The number of amidine groups is 1. The van der Waals surface area contributed by atoms with Gasteiger partial charge in [-0.05, 0) is 36.4 Å². The number of allylic oxidation sites excluding steroid dienone is 1. The highest BCUT2D eigenvalue weighted by Crippen LogP contribution is 2.29. The van der Waals surface area contributed by atoms with Crippen molar-refractivity contribution in [2.45, 2.75) is 25.7 Å². The molecule has 0 atom stereocenters. The molecule has 31 heavy (non-hydrogen) atoms. The van der Waals surface area contributed by atoms with E-state index in [2.05, 4.69) is 15.6 Å². The van der Waals surface area contributed by atoms with Crippen molar-refractivity contribution in [3.63, 3.8) is 0 Å². The summed E-state index contributed by atoms with van der Waals surface area (Å²) in [5.74, 6) is 0.162. The van der Waals surface area contributed by atoms with E-state index < -0.39 is 15.9 Å². The Morgan fingerprint density at radius 2 is 1.71 bits per heavy atom. The van der Waals surface area contributed by atoms with E-state index in [1.165, 1.54) is 24.3 Å². The number of hydrogen-bond donors (Lipinski definition) is 3. The third-order valence-electron chi connectivity index (χ3n) is 4.11. The first-order valence-electron chi connectivity index (χ1n) is 9.16. The summed E-state index contributed by atoms with van der Waals surface area (Å²) in [5, 5.41) is 5.75. The number of benzene rings is 2. The molecule has 0 aliphatic heterocycles. The lowest BCUT2D eigenvalue weighted by Gasteiger charge is -2.19. The fourth-order valence-corrected chi connectivity index (χ4v) is 3.22. The number of amides is 2. The molecule has 0 aliphatic carbocycles. The van der Waals surface area contributed by atoms with Gasteiger partial charge in [0.1, 0.15) is 5.84 Å². The molecular weight excluding hydrogens is 459 g/mol. The van der Waals surface area contributed by atoms with E-state index in [9.17, 15) is 13.2 Å². The van der Waals surface area contributed by atoms with E-state index in [0.29, 0.717) is 22.1 Å². The highest BCUT2D eigenvalue weighted by molar-refractivity contribution is 7.90. The zero-order chi connectivity index (χ0) is 23.4. The molecule has 2 aromatic rings. The minimum absolute atomic E-state index is 0.162. The second kappa shape index (κ2) is 9.72. The van der Waals surface area contributed by atoms with Crippen LogP contribution in [0.3, 0.4) is 0 Å². The number of carbonyl (C=O) groups is 1. The van der Waals surface area contributed by atoms with Gasteiger partial charge in [-0.2, -0.15) is 0 Å². The van der Waals surface area contributed by atoms with Crippen molar-refractivity contribution in [1.82, 2.24) is 5.32 Å². The number of rotatable bonds is 4. The fourth-order valence-electron chi connectivity index (χ4n) is 2.24. The highest BCUT2D eigenvalue weighted by Gasteiger charge is 2.16. The molecule has 2 rings (SSSR count). The molecule has 0 spiro atoms. The number of sulfone groups is 1. The van der Waals surface area contributed by atoms with Crippen molar-refractivity contribution in [3.05, 3.63) is 64.3 Å². The van der Waals surface area contributed by atoms with Gasteiger partial charge < -0.3 is 11.1 Å². The van der Waals surface area contributed by atoms with Crippen molar-refractivity contribution in [3.8, 4) is 0 Å². The Balaban J connectivity index is 2.35. The van der Waals surface area contributed by atoms with Crippen LogP contribution >= 0.6 is 23.2 Å². The number of halogens is 2. The Morgan fingerprint density at radius 3 is 2.26 bits per heavy atom. The first-order chi connectivity index (χ1) is 14.3. The number of urea groups is 1. The number of aliphatic imine (C=N–C) groups is 1. The molecule has 7 nitrogen and oxygen atoms in total. The summed E-state index contributed by atoms with van der Waals surface area (Å²) < 4.78 is 23.3. The topological polar surface area (TPSA) is 114 Å². The summed E-state index contributed by atoms with van der Waals surface area (Å²) >= 11 is 12.1. The van der Waals surface area contributed by atoms with E-state index >= 15 is 0 Å². The lowest BCUT2D eigenvalue weighted by Crippen LogP contribution is -2.34. The van der Waals surface area contributed by atoms with Crippen LogP contribution in [0.2, 0.25) is 10.0 Å². The minimum atomic E-state index is -3.33. The molecule has 0 bridgehead atoms. The lowest BCUT2D eigenvalue weighted by atomic mass is 9.92. The van der Waals surface area contributed by atoms with E-state index in [-0.39, 0.29) is 21.2 Å². The standard InChI is InChI=1S/C21H24Cl2N4O3S/c1-21(2,3)17(24)12-18(25-13-8-10-14(11-9-13)31(4,29)30)27-20(28)26-16-7-5-6-15(22)19(16)23/h5-12H,24H2,1-4H3,(H2,25,26,27,28)/b17-12-. The monoisotopic (exact) mass is 482 g/mol. The Morgan fingerprint density at radius 1 is 1.10 bits per heavy atom. The molecule has 0 saturated heterocycles. The SMILES string of the molecule is CC(C)(C)/C(N)=C/C(=Nc1ccc(S(C)(=O)=O)cc1)NC(=O)Nc1cccc(Cl)c1Cl. The summed E-state index contributed by atoms with van der Waals surface area (Å²) in [5.41, 5.74) is 7.03. The summed E-state index contributed by atoms with van der Waals surface area (Å²) in [6.07, 6.45) is 2.67. The molecule has 0 aliphatic rings. The molecule has 166 valence electrons. The maximum absolute atomic E-state index is 12.5. The number of nitrogens with zero attached hydrogens (tertiary/aromatic N) is 1. The average molecular weight is 483 g/mol. The maximum atomic E-state index is 12.5. The number of carbonyl (C=O) groups excluding carboxylic acids is 1. The normalized spacial score (nSPS) is 13.1. The second-order valence-electron chi connectivity index (χ2n) is 7.79. The number of hydrogen-bond acceptors (Lipinski definition) is 5. The Bertz CT molecular complexity index is 1140. The van der Waals surface area contributed by atoms with Crippen LogP contribution in [0.5, 0.6) is 0 Å². The predicted octanol–water partition coefficient (Wildman–Crippen LogP) is 5.14. The molecule has 0 saturated carbocycles. The van der Waals surface area contributed by atoms with Gasteiger partial charge in [-0.15, -0.1) is 0 Å². The third-order valence-corrected chi connectivity index (χ3v) is 6.06. The maximum Gasteiger partial charge on any atom is 0.324 e. The van der Waals surface area contributed by atoms with Crippen molar-refractivity contribution >= 4 is 56.3 Å². The highest BCUT2D eigenvalue weighted by atomic mass is 35.5. The fraction of sp³-hybridized carbons (Fsp3) is 0.238. The first kappa shape index (κ1) is 24.7. The summed E-state index contributed by atoms with van der Waals surface area (Å²) in [6, 6.07) is 10.2. The Labute approximate surface area is 192 Å². The molecular formula is C21H24Cl2N4O3S. The van der Waals surface area contributed by atoms with E-state index in [0.717, 1.165) is 6.26 Å². The molecule has 0 radical (unpaired) electrons. The lowest BCUT2D eigenvalue weighted by molar-refractivity contribution is 0.256. The van der Waals surface area contributed by atoms with Gasteiger partial charge in [0, 0.05) is 23.4 Å². The Kier molecular flexibility index (Phi) is 7.75. The van der Waals surface area contributed by atoms with Gasteiger partial charge in [0.25, 0.3) is 0 Å². The van der Waals surface area contributed by atoms with E-state index in [4.69, 9.17) is 28.9 Å². The molecule has 2 aromatic carbocycles. The summed E-state index contributed by atoms with van der Waals surface area (Å²) in [7, 11) is -3.33. The molecule has 4 N–H and O–H groups in total. The smallest absolute Gasteiger partial charge is 0.324 e. The van der Waals surface area contributed by atoms with Gasteiger partial charge in [0.2, 0.25) is 0 Å². The van der Waals surface area contributed by atoms with Crippen LogP contribution in [0, 0.1) is 5.41 Å². The predicted molar refractivity (Wildman–Crippen MR) is 127 cm³/mol. The van der Waals surface area contributed by atoms with Crippen molar-refractivity contribution in [2.75, 3.05) is 11.6 Å². The van der Waals surface area contributed by atoms with E-state index in [1.807, 2.05) is 20.8 Å². The molecule has 0 heterocycles. The van der Waals surface area contributed by atoms with Crippen LogP contribution in [-0.4, -0.2) is 26.5 Å². The minimum Gasteiger partial charge on any atom is -0.401 e. The molecule has 10 heteroatoms. The molecule has 0 aromatic heterocycles. The summed E-state index contributed by atoms with van der Waals surface area (Å²) in [6.45, 7) is 5.76. The van der Waals surface area contributed by atoms with Gasteiger partial charge in [0.05, 0.1) is 26.3 Å². The molecule has 0 unspecified atom stereocenters. The zero-order valence-electron chi connectivity index (χ0n) is 17.5. The number of anilines is 1. The van der Waals surface area contributed by atoms with Gasteiger partial charge in [-0.25, -0.2) is 18.2 Å².